The third kappa shape index (κ3) is 2.01. The molecule has 90 valence electrons. The summed E-state index contributed by atoms with van der Waals surface area (Å²) < 4.78 is 12.8. The van der Waals surface area contributed by atoms with Gasteiger partial charge in [-0.3, -0.25) is 4.79 Å². The van der Waals surface area contributed by atoms with Crippen molar-refractivity contribution in [2.75, 3.05) is 6.67 Å². The molecule has 0 saturated heterocycles. The van der Waals surface area contributed by atoms with E-state index >= 15 is 0 Å². The van der Waals surface area contributed by atoms with Crippen molar-refractivity contribution in [1.29, 1.82) is 0 Å². The topological polar surface area (TPSA) is 79.1 Å². The van der Waals surface area contributed by atoms with Gasteiger partial charge in [0.05, 0.1) is 0 Å². The summed E-state index contributed by atoms with van der Waals surface area (Å²) >= 11 is 0. The molecule has 1 aromatic heterocycles. The molecule has 17 heavy (non-hydrogen) atoms. The number of alkyl halides is 1. The normalized spacial score (nSPS) is 14.7. The highest BCUT2D eigenvalue weighted by atomic mass is 19.1. The molecule has 0 amide bonds. The van der Waals surface area contributed by atoms with E-state index in [4.69, 9.17) is 10.8 Å². The van der Waals surface area contributed by atoms with E-state index in [1.54, 1.807) is 6.20 Å². The van der Waals surface area contributed by atoms with E-state index in [0.717, 1.165) is 10.9 Å². The first kappa shape index (κ1) is 11.6. The minimum absolute atomic E-state index is 0.0388. The van der Waals surface area contributed by atoms with Crippen LogP contribution in [0.2, 0.25) is 0 Å². The lowest BCUT2D eigenvalue weighted by Gasteiger charge is -2.20. The van der Waals surface area contributed by atoms with Crippen molar-refractivity contribution in [3.8, 4) is 0 Å². The number of aromatic nitrogens is 1. The van der Waals surface area contributed by atoms with Gasteiger partial charge in [0.2, 0.25) is 0 Å². The van der Waals surface area contributed by atoms with Crippen LogP contribution in [-0.4, -0.2) is 28.3 Å². The van der Waals surface area contributed by atoms with Crippen molar-refractivity contribution in [3.63, 3.8) is 0 Å². The van der Waals surface area contributed by atoms with Gasteiger partial charge in [-0.2, -0.15) is 0 Å². The maximum Gasteiger partial charge on any atom is 0.326 e. The van der Waals surface area contributed by atoms with Gasteiger partial charge in [-0.05, 0) is 11.6 Å². The monoisotopic (exact) mass is 236 g/mol. The van der Waals surface area contributed by atoms with Crippen molar-refractivity contribution in [1.82, 2.24) is 4.98 Å². The van der Waals surface area contributed by atoms with Crippen LogP contribution >= 0.6 is 0 Å². The number of nitrogens with one attached hydrogen (secondary N) is 1. The van der Waals surface area contributed by atoms with E-state index in [0.29, 0.717) is 5.56 Å². The minimum Gasteiger partial charge on any atom is -0.480 e. The second-order valence-corrected chi connectivity index (χ2v) is 4.13. The summed E-state index contributed by atoms with van der Waals surface area (Å²) in [5.74, 6) is -1.33. The summed E-state index contributed by atoms with van der Waals surface area (Å²) in [6.07, 6.45) is 1.63. The molecule has 1 aromatic carbocycles. The fourth-order valence-corrected chi connectivity index (χ4v) is 1.80. The number of para-hydroxylation sites is 1. The summed E-state index contributed by atoms with van der Waals surface area (Å²) in [5.41, 5.74) is 5.27. The first-order chi connectivity index (χ1) is 8.07. The molecule has 0 radical (unpaired) electrons. The predicted octanol–water partition coefficient (Wildman–Crippen LogP) is 1.46. The van der Waals surface area contributed by atoms with Crippen LogP contribution < -0.4 is 5.73 Å². The fraction of sp³-hybridized carbons (Fsp3) is 0.250. The number of nitrogens with two attached hydrogens (primary N) is 1. The highest BCUT2D eigenvalue weighted by Gasteiger charge is 2.35. The summed E-state index contributed by atoms with van der Waals surface area (Å²) in [4.78, 5) is 13.9. The molecule has 0 saturated carbocycles. The van der Waals surface area contributed by atoms with E-state index in [2.05, 4.69) is 4.98 Å². The Morgan fingerprint density at radius 2 is 2.18 bits per heavy atom. The van der Waals surface area contributed by atoms with E-state index < -0.39 is 18.2 Å². The van der Waals surface area contributed by atoms with Crippen LogP contribution in [0.3, 0.4) is 0 Å². The van der Waals surface area contributed by atoms with Gasteiger partial charge < -0.3 is 15.8 Å². The third-order valence-electron chi connectivity index (χ3n) is 2.85. The van der Waals surface area contributed by atoms with Crippen molar-refractivity contribution >= 4 is 16.9 Å². The Labute approximate surface area is 97.2 Å². The number of carbonyl (C=O) groups is 1. The lowest BCUT2D eigenvalue weighted by Crippen LogP contribution is -2.52. The van der Waals surface area contributed by atoms with Crippen molar-refractivity contribution < 1.29 is 14.3 Å². The van der Waals surface area contributed by atoms with Crippen LogP contribution in [0.1, 0.15) is 5.56 Å². The van der Waals surface area contributed by atoms with Crippen LogP contribution in [0, 0.1) is 0 Å². The quantitative estimate of drug-likeness (QED) is 0.752. The van der Waals surface area contributed by atoms with E-state index in [-0.39, 0.29) is 6.42 Å². The van der Waals surface area contributed by atoms with Crippen LogP contribution in [0.4, 0.5) is 4.39 Å². The molecule has 1 atom stereocenters. The number of hydrogen-bond acceptors (Lipinski definition) is 2. The number of halogens is 1. The summed E-state index contributed by atoms with van der Waals surface area (Å²) in [7, 11) is 0. The van der Waals surface area contributed by atoms with Crippen molar-refractivity contribution in [3.05, 3.63) is 36.0 Å². The second kappa shape index (κ2) is 4.18. The van der Waals surface area contributed by atoms with E-state index in [1.165, 1.54) is 0 Å². The fourth-order valence-electron chi connectivity index (χ4n) is 1.80. The molecular formula is C12H13FN2O2. The molecule has 2 aromatic rings. The summed E-state index contributed by atoms with van der Waals surface area (Å²) in [6, 6.07) is 7.42. The van der Waals surface area contributed by atoms with Gasteiger partial charge in [-0.25, -0.2) is 4.39 Å². The molecule has 2 rings (SSSR count). The van der Waals surface area contributed by atoms with Gasteiger partial charge in [0.25, 0.3) is 0 Å². The Morgan fingerprint density at radius 3 is 2.82 bits per heavy atom. The second-order valence-electron chi connectivity index (χ2n) is 4.13. The van der Waals surface area contributed by atoms with E-state index in [1.807, 2.05) is 24.3 Å². The number of H-pyrrole nitrogens is 1. The standard InChI is InChI=1S/C12H13FN2O2/c13-7-12(14,11(16)17)5-8-6-15-10-4-2-1-3-9(8)10/h1-4,6,15H,5,7,14H2,(H,16,17). The first-order valence-electron chi connectivity index (χ1n) is 5.20. The SMILES string of the molecule is NC(CF)(Cc1c[nH]c2ccccc12)C(=O)O. The lowest BCUT2D eigenvalue weighted by atomic mass is 9.93. The number of rotatable bonds is 4. The van der Waals surface area contributed by atoms with Gasteiger partial charge in [0, 0.05) is 23.5 Å². The maximum atomic E-state index is 12.8. The maximum absolute atomic E-state index is 12.8. The van der Waals surface area contributed by atoms with Crippen LogP contribution in [0.15, 0.2) is 30.5 Å². The Bertz CT molecular complexity index is 552. The molecule has 0 spiro atoms. The number of fused-ring (bicyclic) bond motifs is 1. The number of carboxylic acids is 1. The summed E-state index contributed by atoms with van der Waals surface area (Å²) in [5, 5.41) is 9.80. The smallest absolute Gasteiger partial charge is 0.326 e. The summed E-state index contributed by atoms with van der Waals surface area (Å²) in [6.45, 7) is -1.10. The van der Waals surface area contributed by atoms with Gasteiger partial charge in [0.1, 0.15) is 12.2 Å². The number of carboxylic acid groups (broad SMARTS) is 1. The molecule has 0 aliphatic heterocycles. The Morgan fingerprint density at radius 1 is 1.47 bits per heavy atom. The zero-order chi connectivity index (χ0) is 12.5. The number of aromatic amines is 1. The molecule has 0 fully saturated rings. The van der Waals surface area contributed by atoms with Gasteiger partial charge in [-0.1, -0.05) is 18.2 Å². The lowest BCUT2D eigenvalue weighted by molar-refractivity contribution is -0.143. The van der Waals surface area contributed by atoms with Crippen LogP contribution in [0.5, 0.6) is 0 Å². The minimum atomic E-state index is -1.86. The van der Waals surface area contributed by atoms with E-state index in [9.17, 15) is 9.18 Å². The third-order valence-corrected chi connectivity index (χ3v) is 2.85. The Kier molecular flexibility index (Phi) is 2.85. The van der Waals surface area contributed by atoms with Gasteiger partial charge in [0.15, 0.2) is 0 Å². The van der Waals surface area contributed by atoms with Crippen LogP contribution in [-0.2, 0) is 11.2 Å². The molecular weight excluding hydrogens is 223 g/mol. The van der Waals surface area contributed by atoms with Gasteiger partial charge >= 0.3 is 5.97 Å². The number of hydrogen-bond donors (Lipinski definition) is 3. The molecule has 0 aliphatic rings. The first-order valence-corrected chi connectivity index (χ1v) is 5.20. The highest BCUT2D eigenvalue weighted by molar-refractivity contribution is 5.85. The molecule has 4 nitrogen and oxygen atoms in total. The molecule has 5 heteroatoms. The highest BCUT2D eigenvalue weighted by Crippen LogP contribution is 2.22. The molecule has 0 bridgehead atoms. The molecule has 1 heterocycles. The number of aliphatic carboxylic acids is 1. The number of benzene rings is 1. The molecule has 1 unspecified atom stereocenters. The Hall–Kier alpha value is -1.88. The predicted molar refractivity (Wildman–Crippen MR) is 62.5 cm³/mol. The van der Waals surface area contributed by atoms with Crippen molar-refractivity contribution in [2.45, 2.75) is 12.0 Å². The van der Waals surface area contributed by atoms with Crippen molar-refractivity contribution in [2.24, 2.45) is 5.73 Å². The molecule has 0 aliphatic carbocycles. The largest absolute Gasteiger partial charge is 0.480 e. The van der Waals surface area contributed by atoms with Gasteiger partial charge in [-0.15, -0.1) is 0 Å². The zero-order valence-corrected chi connectivity index (χ0v) is 9.11. The zero-order valence-electron chi connectivity index (χ0n) is 9.11. The Balaban J connectivity index is 2.38. The van der Waals surface area contributed by atoms with Crippen LogP contribution in [0.25, 0.3) is 10.9 Å². The molecule has 4 N–H and O–H groups in total. The average molecular weight is 236 g/mol. The average Bonchev–Trinajstić information content (AvgIpc) is 2.72.